The first-order valence-electron chi connectivity index (χ1n) is 9.19. The second-order valence-corrected chi connectivity index (χ2v) is 8.93. The predicted octanol–water partition coefficient (Wildman–Crippen LogP) is 3.78. The first kappa shape index (κ1) is 16.4. The molecule has 3 saturated heterocycles. The van der Waals surface area contributed by atoms with E-state index < -0.39 is 0 Å². The number of piperidine rings is 3. The second kappa shape index (κ2) is 6.76. The van der Waals surface area contributed by atoms with Gasteiger partial charge in [-0.2, -0.15) is 15.7 Å². The number of nitrogens with zero attached hydrogens (tertiary/aromatic N) is 2. The molecule has 6 heteroatoms. The first-order valence-corrected chi connectivity index (χ1v) is 10.9. The number of fused-ring (bicyclic) bond motifs is 4. The number of carbonyl (C=O) groups excluding carboxylic acids is 1. The number of hydrogen-bond donors (Lipinski definition) is 1. The summed E-state index contributed by atoms with van der Waals surface area (Å²) in [6.07, 6.45) is 2.81. The third kappa shape index (κ3) is 3.06. The van der Waals surface area contributed by atoms with E-state index in [-0.39, 0.29) is 5.91 Å². The van der Waals surface area contributed by atoms with E-state index in [9.17, 15) is 4.79 Å². The molecule has 3 aromatic rings. The van der Waals surface area contributed by atoms with Crippen molar-refractivity contribution in [1.82, 2.24) is 14.6 Å². The van der Waals surface area contributed by atoms with Gasteiger partial charge in [-0.05, 0) is 77.4 Å². The second-order valence-electron chi connectivity index (χ2n) is 7.34. The van der Waals surface area contributed by atoms with Gasteiger partial charge in [0, 0.05) is 18.0 Å². The molecule has 2 bridgehead atoms. The van der Waals surface area contributed by atoms with Crippen LogP contribution in [0.2, 0.25) is 0 Å². The Morgan fingerprint density at radius 3 is 2.85 bits per heavy atom. The summed E-state index contributed by atoms with van der Waals surface area (Å²) in [6, 6.07) is 8.88. The van der Waals surface area contributed by atoms with E-state index in [1.54, 1.807) is 11.3 Å². The summed E-state index contributed by atoms with van der Waals surface area (Å²) in [5.74, 6) is 0.766. The molecule has 0 spiro atoms. The van der Waals surface area contributed by atoms with Crippen LogP contribution in [0.15, 0.2) is 35.0 Å². The Kier molecular flexibility index (Phi) is 4.27. The number of hydrogen-bond acceptors (Lipinski definition) is 5. The Morgan fingerprint density at radius 2 is 2.12 bits per heavy atom. The molecule has 6 rings (SSSR count). The maximum absolute atomic E-state index is 12.6. The van der Waals surface area contributed by atoms with Gasteiger partial charge in [-0.25, -0.2) is 0 Å². The molecule has 1 unspecified atom stereocenters. The number of carbonyl (C=O) groups is 1. The van der Waals surface area contributed by atoms with Crippen LogP contribution in [0, 0.1) is 5.92 Å². The third-order valence-electron chi connectivity index (χ3n) is 5.73. The molecule has 134 valence electrons. The fraction of sp³-hybridized carbons (Fsp3) is 0.400. The average Bonchev–Trinajstić information content (AvgIpc) is 3.33. The largest absolute Gasteiger partial charge is 0.351 e. The number of amides is 1. The van der Waals surface area contributed by atoms with Crippen molar-refractivity contribution >= 4 is 38.9 Å². The van der Waals surface area contributed by atoms with Crippen LogP contribution in [-0.2, 0) is 11.2 Å². The van der Waals surface area contributed by atoms with E-state index in [0.29, 0.717) is 18.4 Å². The van der Waals surface area contributed by atoms with E-state index in [1.165, 1.54) is 48.6 Å². The van der Waals surface area contributed by atoms with Crippen LogP contribution in [-0.4, -0.2) is 40.9 Å². The highest BCUT2D eigenvalue weighted by atomic mass is 32.1. The molecule has 0 saturated carbocycles. The highest BCUT2D eigenvalue weighted by molar-refractivity contribution is 7.13. The van der Waals surface area contributed by atoms with Crippen LogP contribution < -0.4 is 5.32 Å². The minimum Gasteiger partial charge on any atom is -0.351 e. The van der Waals surface area contributed by atoms with Gasteiger partial charge in [-0.15, -0.1) is 0 Å². The van der Waals surface area contributed by atoms with E-state index in [2.05, 4.69) is 49.6 Å². The molecule has 0 aliphatic carbocycles. The van der Waals surface area contributed by atoms with Gasteiger partial charge in [0.1, 0.15) is 0 Å². The highest BCUT2D eigenvalue weighted by Crippen LogP contribution is 2.31. The van der Waals surface area contributed by atoms with E-state index in [0.717, 1.165) is 22.3 Å². The van der Waals surface area contributed by atoms with Crippen molar-refractivity contribution in [3.05, 3.63) is 40.7 Å². The van der Waals surface area contributed by atoms with Crippen molar-refractivity contribution in [3.8, 4) is 11.1 Å². The number of aromatic nitrogens is 1. The van der Waals surface area contributed by atoms with Crippen LogP contribution in [0.5, 0.6) is 0 Å². The maximum atomic E-state index is 12.6. The molecule has 2 aromatic heterocycles. The summed E-state index contributed by atoms with van der Waals surface area (Å²) in [6.45, 7) is 3.40. The van der Waals surface area contributed by atoms with E-state index in [1.807, 2.05) is 0 Å². The van der Waals surface area contributed by atoms with Gasteiger partial charge in [0.2, 0.25) is 5.91 Å². The lowest BCUT2D eigenvalue weighted by atomic mass is 9.84. The van der Waals surface area contributed by atoms with Crippen LogP contribution in [0.3, 0.4) is 0 Å². The van der Waals surface area contributed by atoms with Gasteiger partial charge in [0.05, 0.1) is 16.8 Å². The Bertz CT molecular complexity index is 926. The summed E-state index contributed by atoms with van der Waals surface area (Å²) in [7, 11) is 0. The van der Waals surface area contributed by atoms with Gasteiger partial charge in [0.25, 0.3) is 0 Å². The molecule has 1 N–H and O–H groups in total. The normalized spacial score (nSPS) is 24.8. The highest BCUT2D eigenvalue weighted by Gasteiger charge is 2.34. The number of benzene rings is 1. The molecule has 3 aliphatic heterocycles. The summed E-state index contributed by atoms with van der Waals surface area (Å²) < 4.78 is 5.72. The number of thiophene rings is 1. The number of nitrogens with one attached hydrogen (secondary N) is 1. The van der Waals surface area contributed by atoms with Gasteiger partial charge in [-0.1, -0.05) is 12.1 Å². The first-order chi connectivity index (χ1) is 12.8. The standard InChI is InChI=1S/C20H21N3OS2/c24-20(21-18-11-23-6-3-13(18)4-7-23)10-17-16-2-1-14(9-19(16)26-22-17)15-5-8-25-12-15/h1-2,5,8-9,12-13,18H,3-4,6-7,10-11H2,(H,21,24). The topological polar surface area (TPSA) is 45.2 Å². The molecule has 5 heterocycles. The van der Waals surface area contributed by atoms with Crippen molar-refractivity contribution in [2.75, 3.05) is 19.6 Å². The molecule has 1 atom stereocenters. The molecular weight excluding hydrogens is 362 g/mol. The van der Waals surface area contributed by atoms with Crippen molar-refractivity contribution < 1.29 is 4.79 Å². The zero-order valence-corrected chi connectivity index (χ0v) is 16.1. The molecule has 26 heavy (non-hydrogen) atoms. The maximum Gasteiger partial charge on any atom is 0.226 e. The van der Waals surface area contributed by atoms with Gasteiger partial charge in [0.15, 0.2) is 0 Å². The van der Waals surface area contributed by atoms with Crippen molar-refractivity contribution in [3.63, 3.8) is 0 Å². The molecule has 0 radical (unpaired) electrons. The lowest BCUT2D eigenvalue weighted by Crippen LogP contribution is -2.57. The Balaban J connectivity index is 1.31. The molecule has 3 aliphatic rings. The van der Waals surface area contributed by atoms with Crippen LogP contribution >= 0.6 is 22.9 Å². The fourth-order valence-corrected chi connectivity index (χ4v) is 5.76. The van der Waals surface area contributed by atoms with E-state index in [4.69, 9.17) is 0 Å². The third-order valence-corrected chi connectivity index (χ3v) is 7.26. The molecule has 4 nitrogen and oxygen atoms in total. The van der Waals surface area contributed by atoms with Gasteiger partial charge in [-0.3, -0.25) is 4.79 Å². The van der Waals surface area contributed by atoms with Crippen LogP contribution in [0.25, 0.3) is 21.2 Å². The molecule has 1 amide bonds. The zero-order chi connectivity index (χ0) is 17.5. The number of rotatable bonds is 4. The van der Waals surface area contributed by atoms with Crippen molar-refractivity contribution in [2.24, 2.45) is 5.92 Å². The average molecular weight is 384 g/mol. The SMILES string of the molecule is O=C(Cc1nsc2cc(-c3ccsc3)ccc12)NC1CN2CCC1CC2. The lowest BCUT2D eigenvalue weighted by molar-refractivity contribution is -0.122. The Labute approximate surface area is 161 Å². The van der Waals surface area contributed by atoms with Gasteiger partial charge < -0.3 is 10.2 Å². The molecule has 1 aromatic carbocycles. The van der Waals surface area contributed by atoms with Crippen molar-refractivity contribution in [1.29, 1.82) is 0 Å². The molecular formula is C20H21N3OS2. The summed E-state index contributed by atoms with van der Waals surface area (Å²) in [5.41, 5.74) is 3.36. The van der Waals surface area contributed by atoms with Gasteiger partial charge >= 0.3 is 0 Å². The Morgan fingerprint density at radius 1 is 1.23 bits per heavy atom. The van der Waals surface area contributed by atoms with Crippen LogP contribution in [0.4, 0.5) is 0 Å². The summed E-state index contributed by atoms with van der Waals surface area (Å²) >= 11 is 3.20. The minimum absolute atomic E-state index is 0.109. The summed E-state index contributed by atoms with van der Waals surface area (Å²) in [5, 5.41) is 8.63. The zero-order valence-electron chi connectivity index (χ0n) is 14.5. The minimum atomic E-state index is 0.109. The molecule has 3 fully saturated rings. The Hall–Kier alpha value is -1.76. The monoisotopic (exact) mass is 383 g/mol. The fourth-order valence-electron chi connectivity index (χ4n) is 4.26. The smallest absolute Gasteiger partial charge is 0.226 e. The van der Waals surface area contributed by atoms with Crippen molar-refractivity contribution in [2.45, 2.75) is 25.3 Å². The van der Waals surface area contributed by atoms with Crippen LogP contribution in [0.1, 0.15) is 18.5 Å². The van der Waals surface area contributed by atoms with E-state index >= 15 is 0 Å². The summed E-state index contributed by atoms with van der Waals surface area (Å²) in [4.78, 5) is 15.1. The quantitative estimate of drug-likeness (QED) is 0.746. The predicted molar refractivity (Wildman–Crippen MR) is 108 cm³/mol. The lowest BCUT2D eigenvalue weighted by Gasteiger charge is -2.44.